The van der Waals surface area contributed by atoms with Crippen LogP contribution in [-0.2, 0) is 4.74 Å². The van der Waals surface area contributed by atoms with Crippen molar-refractivity contribution in [2.75, 3.05) is 6.61 Å². The van der Waals surface area contributed by atoms with Crippen molar-refractivity contribution in [3.05, 3.63) is 71.8 Å². The highest BCUT2D eigenvalue weighted by atomic mass is 19.1. The first-order chi connectivity index (χ1) is 10.7. The van der Waals surface area contributed by atoms with Crippen LogP contribution in [0.3, 0.4) is 0 Å². The van der Waals surface area contributed by atoms with Gasteiger partial charge in [-0.1, -0.05) is 36.4 Å². The molecule has 1 aliphatic carbocycles. The Morgan fingerprint density at radius 2 is 2.05 bits per heavy atom. The number of nitrogens with zero attached hydrogens (tertiary/aromatic N) is 2. The quantitative estimate of drug-likeness (QED) is 0.813. The highest BCUT2D eigenvalue weighted by Gasteiger charge is 2.22. The minimum Gasteiger partial charge on any atom is -0.461 e. The SMILES string of the molecule is CCOC(=O)c1cc(C2C=CC=C2)n(-c2ccccc2F)n1. The lowest BCUT2D eigenvalue weighted by molar-refractivity contribution is 0.0519. The van der Waals surface area contributed by atoms with E-state index in [0.717, 1.165) is 5.69 Å². The molecule has 1 aliphatic rings. The summed E-state index contributed by atoms with van der Waals surface area (Å²) < 4.78 is 20.5. The number of ether oxygens (including phenoxy) is 1. The Hall–Kier alpha value is -2.69. The van der Waals surface area contributed by atoms with Gasteiger partial charge in [0.05, 0.1) is 12.3 Å². The van der Waals surface area contributed by atoms with Gasteiger partial charge in [-0.05, 0) is 25.1 Å². The Morgan fingerprint density at radius 1 is 1.32 bits per heavy atom. The number of hydrogen-bond donors (Lipinski definition) is 0. The smallest absolute Gasteiger partial charge is 0.358 e. The Morgan fingerprint density at radius 3 is 2.73 bits per heavy atom. The molecule has 0 bridgehead atoms. The van der Waals surface area contributed by atoms with Gasteiger partial charge in [-0.25, -0.2) is 13.9 Å². The van der Waals surface area contributed by atoms with Gasteiger partial charge in [-0.2, -0.15) is 5.10 Å². The molecule has 1 heterocycles. The fourth-order valence-electron chi connectivity index (χ4n) is 2.38. The van der Waals surface area contributed by atoms with Gasteiger partial charge in [0.15, 0.2) is 5.69 Å². The lowest BCUT2D eigenvalue weighted by atomic mass is 10.1. The molecular formula is C17H15FN2O2. The number of rotatable bonds is 4. The number of esters is 1. The van der Waals surface area contributed by atoms with Crippen LogP contribution < -0.4 is 0 Å². The number of carbonyl (C=O) groups is 1. The second-order valence-electron chi connectivity index (χ2n) is 4.83. The molecule has 3 rings (SSSR count). The molecule has 22 heavy (non-hydrogen) atoms. The van der Waals surface area contributed by atoms with Gasteiger partial charge in [0.25, 0.3) is 0 Å². The number of allylic oxidation sites excluding steroid dienone is 4. The molecular weight excluding hydrogens is 283 g/mol. The van der Waals surface area contributed by atoms with Crippen molar-refractivity contribution in [3.8, 4) is 5.69 Å². The van der Waals surface area contributed by atoms with E-state index in [2.05, 4.69) is 5.10 Å². The van der Waals surface area contributed by atoms with Crippen LogP contribution in [0.4, 0.5) is 4.39 Å². The normalized spacial score (nSPS) is 13.7. The summed E-state index contributed by atoms with van der Waals surface area (Å²) in [7, 11) is 0. The zero-order chi connectivity index (χ0) is 15.5. The van der Waals surface area contributed by atoms with Crippen LogP contribution in [0.1, 0.15) is 29.0 Å². The Bertz CT molecular complexity index is 750. The molecule has 0 spiro atoms. The van der Waals surface area contributed by atoms with Crippen LogP contribution >= 0.6 is 0 Å². The van der Waals surface area contributed by atoms with E-state index < -0.39 is 11.8 Å². The van der Waals surface area contributed by atoms with Crippen molar-refractivity contribution < 1.29 is 13.9 Å². The molecule has 2 aromatic rings. The number of aromatic nitrogens is 2. The maximum Gasteiger partial charge on any atom is 0.358 e. The van der Waals surface area contributed by atoms with E-state index in [9.17, 15) is 9.18 Å². The van der Waals surface area contributed by atoms with Crippen molar-refractivity contribution in [3.63, 3.8) is 0 Å². The topological polar surface area (TPSA) is 44.1 Å². The minimum absolute atomic E-state index is 0.0460. The zero-order valence-electron chi connectivity index (χ0n) is 12.1. The van der Waals surface area contributed by atoms with Crippen LogP contribution in [-0.4, -0.2) is 22.4 Å². The zero-order valence-corrected chi connectivity index (χ0v) is 12.1. The third-order valence-electron chi connectivity index (χ3n) is 3.39. The number of para-hydroxylation sites is 1. The van der Waals surface area contributed by atoms with Crippen molar-refractivity contribution in [2.45, 2.75) is 12.8 Å². The third kappa shape index (κ3) is 2.57. The van der Waals surface area contributed by atoms with Crippen LogP contribution in [0, 0.1) is 5.82 Å². The van der Waals surface area contributed by atoms with Gasteiger partial charge >= 0.3 is 5.97 Å². The highest BCUT2D eigenvalue weighted by Crippen LogP contribution is 2.27. The molecule has 0 fully saturated rings. The van der Waals surface area contributed by atoms with Gasteiger partial charge in [0, 0.05) is 5.92 Å². The van der Waals surface area contributed by atoms with E-state index in [1.54, 1.807) is 31.2 Å². The molecule has 0 N–H and O–H groups in total. The lowest BCUT2D eigenvalue weighted by Gasteiger charge is -2.10. The predicted molar refractivity (Wildman–Crippen MR) is 80.5 cm³/mol. The van der Waals surface area contributed by atoms with Crippen molar-refractivity contribution in [2.24, 2.45) is 0 Å². The van der Waals surface area contributed by atoms with Crippen molar-refractivity contribution in [1.82, 2.24) is 9.78 Å². The summed E-state index contributed by atoms with van der Waals surface area (Å²) in [4.78, 5) is 11.9. The van der Waals surface area contributed by atoms with Gasteiger partial charge in [-0.3, -0.25) is 0 Å². The van der Waals surface area contributed by atoms with E-state index in [1.807, 2.05) is 24.3 Å². The molecule has 0 radical (unpaired) electrons. The summed E-state index contributed by atoms with van der Waals surface area (Å²) in [5.41, 5.74) is 1.20. The number of benzene rings is 1. The van der Waals surface area contributed by atoms with E-state index in [-0.39, 0.29) is 18.2 Å². The second kappa shape index (κ2) is 5.97. The summed E-state index contributed by atoms with van der Waals surface area (Å²) in [6.07, 6.45) is 7.74. The molecule has 0 aliphatic heterocycles. The third-order valence-corrected chi connectivity index (χ3v) is 3.39. The number of carbonyl (C=O) groups excluding carboxylic acids is 1. The molecule has 1 aromatic carbocycles. The Labute approximate surface area is 127 Å². The Balaban J connectivity index is 2.11. The molecule has 0 saturated carbocycles. The van der Waals surface area contributed by atoms with Gasteiger partial charge in [-0.15, -0.1) is 0 Å². The molecule has 4 nitrogen and oxygen atoms in total. The van der Waals surface area contributed by atoms with E-state index in [0.29, 0.717) is 5.69 Å². The highest BCUT2D eigenvalue weighted by molar-refractivity contribution is 5.87. The molecule has 1 aromatic heterocycles. The van der Waals surface area contributed by atoms with Crippen LogP contribution in [0.5, 0.6) is 0 Å². The van der Waals surface area contributed by atoms with Gasteiger partial charge in [0.1, 0.15) is 11.5 Å². The van der Waals surface area contributed by atoms with Gasteiger partial charge in [0.2, 0.25) is 0 Å². The predicted octanol–water partition coefficient (Wildman–Crippen LogP) is 3.40. The molecule has 0 atom stereocenters. The van der Waals surface area contributed by atoms with Crippen LogP contribution in [0.2, 0.25) is 0 Å². The van der Waals surface area contributed by atoms with E-state index in [1.165, 1.54) is 10.7 Å². The maximum absolute atomic E-state index is 14.1. The van der Waals surface area contributed by atoms with E-state index >= 15 is 0 Å². The fourth-order valence-corrected chi connectivity index (χ4v) is 2.38. The lowest BCUT2D eigenvalue weighted by Crippen LogP contribution is -2.08. The second-order valence-corrected chi connectivity index (χ2v) is 4.83. The summed E-state index contributed by atoms with van der Waals surface area (Å²) in [6.45, 7) is 2.00. The fraction of sp³-hybridized carbons (Fsp3) is 0.176. The molecule has 0 saturated heterocycles. The molecule has 0 unspecified atom stereocenters. The average Bonchev–Trinajstić information content (AvgIpc) is 3.17. The van der Waals surface area contributed by atoms with Crippen molar-refractivity contribution in [1.29, 1.82) is 0 Å². The number of halogens is 1. The Kier molecular flexibility index (Phi) is 3.87. The van der Waals surface area contributed by atoms with Crippen molar-refractivity contribution >= 4 is 5.97 Å². The summed E-state index contributed by atoms with van der Waals surface area (Å²) in [5.74, 6) is -0.951. The monoisotopic (exact) mass is 298 g/mol. The average molecular weight is 298 g/mol. The molecule has 112 valence electrons. The van der Waals surface area contributed by atoms with Crippen LogP contribution in [0.15, 0.2) is 54.6 Å². The first kappa shape index (κ1) is 14.3. The summed E-state index contributed by atoms with van der Waals surface area (Å²) in [5, 5.41) is 4.24. The first-order valence-electron chi connectivity index (χ1n) is 7.07. The van der Waals surface area contributed by atoms with E-state index in [4.69, 9.17) is 4.74 Å². The largest absolute Gasteiger partial charge is 0.461 e. The summed E-state index contributed by atoms with van der Waals surface area (Å²) >= 11 is 0. The van der Waals surface area contributed by atoms with Crippen LogP contribution in [0.25, 0.3) is 5.69 Å². The first-order valence-corrected chi connectivity index (χ1v) is 7.07. The standard InChI is InChI=1S/C17H15FN2O2/c1-2-22-17(21)14-11-16(12-7-3-4-8-12)20(19-14)15-10-6-5-9-13(15)18/h3-12H,2H2,1H3. The molecule has 5 heteroatoms. The minimum atomic E-state index is -0.509. The maximum atomic E-state index is 14.1. The number of hydrogen-bond acceptors (Lipinski definition) is 3. The molecule has 0 amide bonds. The van der Waals surface area contributed by atoms with Gasteiger partial charge < -0.3 is 4.74 Å². The summed E-state index contributed by atoms with van der Waals surface area (Å²) in [6, 6.07) is 7.99.